The molecule has 1 amide bonds. The first-order valence-corrected chi connectivity index (χ1v) is 7.94. The summed E-state index contributed by atoms with van der Waals surface area (Å²) >= 11 is 0. The third-order valence-electron chi connectivity index (χ3n) is 4.43. The zero-order valence-corrected chi connectivity index (χ0v) is 14.2. The number of carbonyl (C=O) groups excluding carboxylic acids is 1. The molecule has 6 nitrogen and oxygen atoms in total. The van der Waals surface area contributed by atoms with Crippen LogP contribution in [-0.2, 0) is 20.6 Å². The molecular formula is C18H22N4O2. The van der Waals surface area contributed by atoms with E-state index in [4.69, 9.17) is 0 Å². The largest absolute Gasteiger partial charge is 0.395 e. The lowest BCUT2D eigenvalue weighted by molar-refractivity contribution is 0.0692. The SMILES string of the molecule is Cc1cccc2c1cc(C(=O)N(CCO)Cc1nccn1C)n2C. The molecule has 2 heterocycles. The molecule has 0 atom stereocenters. The van der Waals surface area contributed by atoms with E-state index in [1.165, 1.54) is 0 Å². The van der Waals surface area contributed by atoms with E-state index in [-0.39, 0.29) is 19.1 Å². The Balaban J connectivity index is 1.97. The Labute approximate surface area is 140 Å². The van der Waals surface area contributed by atoms with E-state index < -0.39 is 0 Å². The zero-order valence-electron chi connectivity index (χ0n) is 14.2. The number of carbonyl (C=O) groups is 1. The highest BCUT2D eigenvalue weighted by Crippen LogP contribution is 2.23. The van der Waals surface area contributed by atoms with Gasteiger partial charge in [-0.15, -0.1) is 0 Å². The van der Waals surface area contributed by atoms with Gasteiger partial charge in [0.15, 0.2) is 0 Å². The van der Waals surface area contributed by atoms with E-state index in [2.05, 4.69) is 4.98 Å². The van der Waals surface area contributed by atoms with E-state index in [1.54, 1.807) is 11.1 Å². The van der Waals surface area contributed by atoms with Gasteiger partial charge in [0.2, 0.25) is 0 Å². The Morgan fingerprint density at radius 3 is 2.75 bits per heavy atom. The number of benzene rings is 1. The van der Waals surface area contributed by atoms with Gasteiger partial charge in [-0.3, -0.25) is 4.79 Å². The Hall–Kier alpha value is -2.60. The number of rotatable bonds is 5. The Kier molecular flexibility index (Phi) is 4.40. The summed E-state index contributed by atoms with van der Waals surface area (Å²) in [5.74, 6) is 0.678. The molecule has 3 aromatic rings. The molecule has 6 heteroatoms. The molecule has 24 heavy (non-hydrogen) atoms. The van der Waals surface area contributed by atoms with Crippen LogP contribution in [-0.4, -0.2) is 43.2 Å². The smallest absolute Gasteiger partial charge is 0.270 e. The number of aliphatic hydroxyl groups excluding tert-OH is 1. The van der Waals surface area contributed by atoms with Crippen LogP contribution < -0.4 is 0 Å². The van der Waals surface area contributed by atoms with E-state index in [9.17, 15) is 9.90 Å². The van der Waals surface area contributed by atoms with Crippen LogP contribution in [0.15, 0.2) is 36.7 Å². The molecule has 0 aliphatic rings. The lowest BCUT2D eigenvalue weighted by Crippen LogP contribution is -2.35. The van der Waals surface area contributed by atoms with Crippen molar-refractivity contribution in [3.63, 3.8) is 0 Å². The standard InChI is InChI=1S/C18H22N4O2/c1-13-5-4-6-15-14(13)11-16(21(15)3)18(24)22(9-10-23)12-17-19-7-8-20(17)2/h4-8,11,23H,9-10,12H2,1-3H3. The second-order valence-electron chi connectivity index (χ2n) is 6.00. The summed E-state index contributed by atoms with van der Waals surface area (Å²) in [5, 5.41) is 10.4. The molecule has 1 N–H and O–H groups in total. The molecule has 0 bridgehead atoms. The van der Waals surface area contributed by atoms with Crippen molar-refractivity contribution in [3.05, 3.63) is 53.7 Å². The predicted molar refractivity (Wildman–Crippen MR) is 92.7 cm³/mol. The van der Waals surface area contributed by atoms with E-state index in [0.717, 1.165) is 22.3 Å². The van der Waals surface area contributed by atoms with Gasteiger partial charge in [0.25, 0.3) is 5.91 Å². The minimum atomic E-state index is -0.106. The van der Waals surface area contributed by atoms with Crippen molar-refractivity contribution in [2.45, 2.75) is 13.5 Å². The number of aryl methyl sites for hydroxylation is 3. The number of aliphatic hydroxyl groups is 1. The maximum Gasteiger partial charge on any atom is 0.270 e. The van der Waals surface area contributed by atoms with Crippen LogP contribution in [0.2, 0.25) is 0 Å². The van der Waals surface area contributed by atoms with Gasteiger partial charge < -0.3 is 19.1 Å². The molecule has 0 radical (unpaired) electrons. The normalized spacial score (nSPS) is 11.2. The first-order chi connectivity index (χ1) is 11.5. The van der Waals surface area contributed by atoms with Crippen LogP contribution in [0.3, 0.4) is 0 Å². The highest BCUT2D eigenvalue weighted by Gasteiger charge is 2.21. The van der Waals surface area contributed by atoms with Crippen LogP contribution in [0.5, 0.6) is 0 Å². The summed E-state index contributed by atoms with van der Waals surface area (Å²) in [7, 11) is 3.79. The molecular weight excluding hydrogens is 304 g/mol. The highest BCUT2D eigenvalue weighted by atomic mass is 16.3. The second kappa shape index (κ2) is 6.49. The van der Waals surface area contributed by atoms with Gasteiger partial charge in [-0.1, -0.05) is 12.1 Å². The van der Waals surface area contributed by atoms with Gasteiger partial charge in [0, 0.05) is 43.9 Å². The van der Waals surface area contributed by atoms with Gasteiger partial charge in [-0.05, 0) is 24.6 Å². The summed E-state index contributed by atoms with van der Waals surface area (Å²) in [6.07, 6.45) is 3.55. The van der Waals surface area contributed by atoms with Crippen molar-refractivity contribution < 1.29 is 9.90 Å². The van der Waals surface area contributed by atoms with Gasteiger partial charge in [-0.2, -0.15) is 0 Å². The monoisotopic (exact) mass is 326 g/mol. The molecule has 0 unspecified atom stereocenters. The first kappa shape index (κ1) is 16.3. The molecule has 2 aromatic heterocycles. The molecule has 0 aliphatic heterocycles. The number of nitrogens with zero attached hydrogens (tertiary/aromatic N) is 4. The molecule has 3 rings (SSSR count). The lowest BCUT2D eigenvalue weighted by atomic mass is 10.1. The number of aromatic nitrogens is 3. The van der Waals surface area contributed by atoms with Crippen molar-refractivity contribution in [1.29, 1.82) is 0 Å². The third kappa shape index (κ3) is 2.80. The number of hydrogen-bond acceptors (Lipinski definition) is 3. The first-order valence-electron chi connectivity index (χ1n) is 7.94. The highest BCUT2D eigenvalue weighted by molar-refractivity contribution is 5.99. The summed E-state index contributed by atoms with van der Waals surface area (Å²) in [6.45, 7) is 2.59. The van der Waals surface area contributed by atoms with Crippen LogP contribution in [0.4, 0.5) is 0 Å². The van der Waals surface area contributed by atoms with Crippen LogP contribution in [0.1, 0.15) is 21.9 Å². The quantitative estimate of drug-likeness (QED) is 0.778. The van der Waals surface area contributed by atoms with Crippen molar-refractivity contribution >= 4 is 16.8 Å². The maximum atomic E-state index is 13.0. The molecule has 126 valence electrons. The summed E-state index contributed by atoms with van der Waals surface area (Å²) in [4.78, 5) is 18.9. The van der Waals surface area contributed by atoms with Gasteiger partial charge in [-0.25, -0.2) is 4.98 Å². The lowest BCUT2D eigenvalue weighted by Gasteiger charge is -2.21. The molecule has 0 fully saturated rings. The van der Waals surface area contributed by atoms with Crippen molar-refractivity contribution in [1.82, 2.24) is 19.0 Å². The maximum absolute atomic E-state index is 13.0. The predicted octanol–water partition coefficient (Wildman–Crippen LogP) is 1.85. The van der Waals surface area contributed by atoms with E-state index in [0.29, 0.717) is 12.2 Å². The fourth-order valence-corrected chi connectivity index (χ4v) is 2.97. The zero-order chi connectivity index (χ0) is 17.3. The average Bonchev–Trinajstić information content (AvgIpc) is 3.12. The molecule has 0 aliphatic carbocycles. The number of imidazole rings is 1. The second-order valence-corrected chi connectivity index (χ2v) is 6.00. The topological polar surface area (TPSA) is 63.3 Å². The average molecular weight is 326 g/mol. The number of fused-ring (bicyclic) bond motifs is 1. The van der Waals surface area contributed by atoms with Crippen molar-refractivity contribution in [3.8, 4) is 0 Å². The van der Waals surface area contributed by atoms with Crippen LogP contribution in [0.25, 0.3) is 10.9 Å². The summed E-state index contributed by atoms with van der Waals surface area (Å²) in [6, 6.07) is 7.96. The number of hydrogen-bond donors (Lipinski definition) is 1. The molecule has 1 aromatic carbocycles. The van der Waals surface area contributed by atoms with Gasteiger partial charge >= 0.3 is 0 Å². The van der Waals surface area contributed by atoms with Gasteiger partial charge in [0.05, 0.1) is 13.2 Å². The minimum absolute atomic E-state index is 0.0842. The Bertz CT molecular complexity index is 878. The fourth-order valence-electron chi connectivity index (χ4n) is 2.97. The molecule has 0 spiro atoms. The molecule has 0 saturated heterocycles. The Morgan fingerprint density at radius 1 is 1.33 bits per heavy atom. The Morgan fingerprint density at radius 2 is 2.12 bits per heavy atom. The van der Waals surface area contributed by atoms with Crippen LogP contribution in [0, 0.1) is 6.92 Å². The van der Waals surface area contributed by atoms with Crippen LogP contribution >= 0.6 is 0 Å². The third-order valence-corrected chi connectivity index (χ3v) is 4.43. The van der Waals surface area contributed by atoms with Gasteiger partial charge in [0.1, 0.15) is 11.5 Å². The van der Waals surface area contributed by atoms with E-state index >= 15 is 0 Å². The van der Waals surface area contributed by atoms with Crippen molar-refractivity contribution in [2.24, 2.45) is 14.1 Å². The van der Waals surface area contributed by atoms with E-state index in [1.807, 2.05) is 60.6 Å². The summed E-state index contributed by atoms with van der Waals surface area (Å²) < 4.78 is 3.79. The summed E-state index contributed by atoms with van der Waals surface area (Å²) in [5.41, 5.74) is 2.78. The minimum Gasteiger partial charge on any atom is -0.395 e. The number of amides is 1. The molecule has 0 saturated carbocycles. The van der Waals surface area contributed by atoms with Crippen molar-refractivity contribution in [2.75, 3.05) is 13.2 Å². The fraction of sp³-hybridized carbons (Fsp3) is 0.333.